The lowest BCUT2D eigenvalue weighted by Gasteiger charge is -2.38. The number of nitriles is 1. The molecule has 2 aromatic carbocycles. The van der Waals surface area contributed by atoms with E-state index in [0.29, 0.717) is 5.92 Å². The third kappa shape index (κ3) is 7.31. The lowest BCUT2D eigenvalue weighted by atomic mass is 9.88. The molecule has 6 heteroatoms. The Kier molecular flexibility index (Phi) is 8.71. The van der Waals surface area contributed by atoms with Gasteiger partial charge in [0.2, 0.25) is 5.91 Å². The largest absolute Gasteiger partial charge is 0.369 e. The molecule has 0 bridgehead atoms. The first-order valence-corrected chi connectivity index (χ1v) is 12.3. The minimum atomic E-state index is -0.262. The van der Waals surface area contributed by atoms with Gasteiger partial charge in [-0.1, -0.05) is 50.2 Å². The second-order valence-corrected chi connectivity index (χ2v) is 10.5. The van der Waals surface area contributed by atoms with Crippen molar-refractivity contribution < 1.29 is 4.79 Å². The molecule has 0 aliphatic carbocycles. The molecule has 3 rings (SSSR count). The van der Waals surface area contributed by atoms with E-state index in [-0.39, 0.29) is 23.9 Å². The summed E-state index contributed by atoms with van der Waals surface area (Å²) in [5.41, 5.74) is 10.5. The highest BCUT2D eigenvalue weighted by Crippen LogP contribution is 2.30. The van der Waals surface area contributed by atoms with Crippen molar-refractivity contribution >= 4 is 11.6 Å². The summed E-state index contributed by atoms with van der Waals surface area (Å²) in [4.78, 5) is 17.6. The molecule has 1 heterocycles. The zero-order chi connectivity index (χ0) is 24.7. The summed E-state index contributed by atoms with van der Waals surface area (Å²) in [5.74, 6) is 0.0273. The Morgan fingerprint density at radius 3 is 2.35 bits per heavy atom. The van der Waals surface area contributed by atoms with Gasteiger partial charge < -0.3 is 16.0 Å². The number of benzene rings is 2. The number of amides is 1. The second kappa shape index (κ2) is 11.5. The summed E-state index contributed by atoms with van der Waals surface area (Å²) < 4.78 is 0. The number of nitrogens with one attached hydrogen (secondary N) is 1. The molecular formula is C28H39N5O. The molecule has 1 saturated heterocycles. The fourth-order valence-electron chi connectivity index (χ4n) is 4.66. The maximum Gasteiger partial charge on any atom is 0.228 e. The molecule has 1 atom stereocenters. The fraction of sp³-hybridized carbons (Fsp3) is 0.500. The number of hydrogen-bond acceptors (Lipinski definition) is 5. The van der Waals surface area contributed by atoms with Crippen LogP contribution in [0.2, 0.25) is 0 Å². The maximum atomic E-state index is 12.7. The van der Waals surface area contributed by atoms with E-state index in [1.807, 2.05) is 18.2 Å². The number of anilines is 1. The van der Waals surface area contributed by atoms with Gasteiger partial charge in [0, 0.05) is 44.0 Å². The highest BCUT2D eigenvalue weighted by atomic mass is 16.1. The molecule has 0 unspecified atom stereocenters. The summed E-state index contributed by atoms with van der Waals surface area (Å²) in [6, 6.07) is 18.9. The summed E-state index contributed by atoms with van der Waals surface area (Å²) in [6.45, 7) is 13.4. The molecule has 0 spiro atoms. The van der Waals surface area contributed by atoms with E-state index in [0.717, 1.165) is 55.8 Å². The van der Waals surface area contributed by atoms with Crippen molar-refractivity contribution in [3.05, 3.63) is 54.1 Å². The molecule has 1 aliphatic heterocycles. The molecule has 1 fully saturated rings. The van der Waals surface area contributed by atoms with Crippen LogP contribution in [0.4, 0.5) is 5.69 Å². The van der Waals surface area contributed by atoms with Crippen molar-refractivity contribution in [1.82, 2.24) is 10.2 Å². The van der Waals surface area contributed by atoms with Crippen LogP contribution in [0.5, 0.6) is 0 Å². The van der Waals surface area contributed by atoms with Crippen molar-refractivity contribution in [2.45, 2.75) is 45.6 Å². The van der Waals surface area contributed by atoms with Gasteiger partial charge in [0.25, 0.3) is 0 Å². The maximum absolute atomic E-state index is 12.7. The first-order valence-electron chi connectivity index (χ1n) is 12.3. The molecule has 182 valence electrons. The average Bonchev–Trinajstić information content (AvgIpc) is 2.80. The van der Waals surface area contributed by atoms with Crippen LogP contribution in [0.3, 0.4) is 0 Å². The van der Waals surface area contributed by atoms with Gasteiger partial charge in [-0.15, -0.1) is 0 Å². The van der Waals surface area contributed by atoms with Crippen molar-refractivity contribution in [2.24, 2.45) is 11.7 Å². The van der Waals surface area contributed by atoms with Gasteiger partial charge in [-0.2, -0.15) is 5.26 Å². The molecule has 0 aromatic heterocycles. The number of rotatable bonds is 9. The van der Waals surface area contributed by atoms with Gasteiger partial charge in [-0.25, -0.2) is 0 Å². The molecule has 0 radical (unpaired) electrons. The molecule has 3 N–H and O–H groups in total. The number of carbonyl (C=O) groups is 1. The van der Waals surface area contributed by atoms with E-state index in [2.05, 4.69) is 79.2 Å². The molecule has 1 aliphatic rings. The van der Waals surface area contributed by atoms with Crippen molar-refractivity contribution in [2.75, 3.05) is 44.2 Å². The summed E-state index contributed by atoms with van der Waals surface area (Å²) >= 11 is 0. The van der Waals surface area contributed by atoms with E-state index in [1.165, 1.54) is 5.69 Å². The Labute approximate surface area is 204 Å². The lowest BCUT2D eigenvalue weighted by Crippen LogP contribution is -2.53. The van der Waals surface area contributed by atoms with Crippen molar-refractivity contribution in [3.63, 3.8) is 0 Å². The van der Waals surface area contributed by atoms with Crippen LogP contribution in [-0.2, 0) is 4.79 Å². The van der Waals surface area contributed by atoms with Crippen LogP contribution in [0.15, 0.2) is 48.5 Å². The number of carbonyl (C=O) groups excluding carboxylic acids is 1. The topological polar surface area (TPSA) is 85.4 Å². The predicted octanol–water partition coefficient (Wildman–Crippen LogP) is 3.98. The van der Waals surface area contributed by atoms with Crippen LogP contribution >= 0.6 is 0 Å². The number of piperazine rings is 1. The standard InChI is InChI=1S/C28H39N5O/c1-21(2)18-26(27(34)31-13-12-29)24-7-5-6-23(19-24)22-8-10-25(11-9-22)33-16-14-32(15-17-33)20-28(3,4)30/h5-11,19,21,26H,13-18,20,30H2,1-4H3,(H,31,34)/t26-/m0/s1. The van der Waals surface area contributed by atoms with E-state index >= 15 is 0 Å². The van der Waals surface area contributed by atoms with Crippen molar-refractivity contribution in [1.29, 1.82) is 5.26 Å². The normalized spacial score (nSPS) is 15.7. The Morgan fingerprint density at radius 1 is 1.09 bits per heavy atom. The molecule has 0 saturated carbocycles. The highest BCUT2D eigenvalue weighted by molar-refractivity contribution is 5.84. The molecule has 2 aromatic rings. The predicted molar refractivity (Wildman–Crippen MR) is 140 cm³/mol. The number of nitrogens with zero attached hydrogens (tertiary/aromatic N) is 3. The fourth-order valence-corrected chi connectivity index (χ4v) is 4.66. The van der Waals surface area contributed by atoms with E-state index < -0.39 is 0 Å². The SMILES string of the molecule is CC(C)C[C@H](C(=O)NCC#N)c1cccc(-c2ccc(N3CCN(CC(C)(C)N)CC3)cc2)c1. The highest BCUT2D eigenvalue weighted by Gasteiger charge is 2.23. The molecule has 1 amide bonds. The van der Waals surface area contributed by atoms with Crippen LogP contribution in [0.1, 0.15) is 45.6 Å². The monoisotopic (exact) mass is 461 g/mol. The first kappa shape index (κ1) is 25.7. The van der Waals surface area contributed by atoms with Gasteiger partial charge >= 0.3 is 0 Å². The Morgan fingerprint density at radius 2 is 1.76 bits per heavy atom. The molecular weight excluding hydrogens is 422 g/mol. The minimum Gasteiger partial charge on any atom is -0.369 e. The van der Waals surface area contributed by atoms with Gasteiger partial charge in [0.1, 0.15) is 6.54 Å². The van der Waals surface area contributed by atoms with Crippen LogP contribution < -0.4 is 16.0 Å². The number of hydrogen-bond donors (Lipinski definition) is 2. The summed E-state index contributed by atoms with van der Waals surface area (Å²) in [6.07, 6.45) is 0.743. The third-order valence-electron chi connectivity index (χ3n) is 6.22. The third-order valence-corrected chi connectivity index (χ3v) is 6.22. The van der Waals surface area contributed by atoms with Crippen LogP contribution in [0, 0.1) is 17.2 Å². The van der Waals surface area contributed by atoms with Gasteiger partial charge in [0.15, 0.2) is 0 Å². The Bertz CT molecular complexity index is 979. The average molecular weight is 462 g/mol. The quantitative estimate of drug-likeness (QED) is 0.552. The first-order chi connectivity index (χ1) is 16.2. The smallest absolute Gasteiger partial charge is 0.228 e. The zero-order valence-corrected chi connectivity index (χ0v) is 21.1. The van der Waals surface area contributed by atoms with Gasteiger partial charge in [0.05, 0.1) is 12.0 Å². The van der Waals surface area contributed by atoms with Crippen LogP contribution in [-0.4, -0.2) is 55.6 Å². The molecule has 34 heavy (non-hydrogen) atoms. The summed E-state index contributed by atoms with van der Waals surface area (Å²) in [5, 5.41) is 11.6. The second-order valence-electron chi connectivity index (χ2n) is 10.5. The lowest BCUT2D eigenvalue weighted by molar-refractivity contribution is -0.122. The summed E-state index contributed by atoms with van der Waals surface area (Å²) in [7, 11) is 0. The Hall–Kier alpha value is -2.88. The van der Waals surface area contributed by atoms with E-state index in [9.17, 15) is 4.79 Å². The zero-order valence-electron chi connectivity index (χ0n) is 21.1. The van der Waals surface area contributed by atoms with Crippen LogP contribution in [0.25, 0.3) is 11.1 Å². The van der Waals surface area contributed by atoms with Gasteiger partial charge in [-0.3, -0.25) is 9.69 Å². The van der Waals surface area contributed by atoms with E-state index in [4.69, 9.17) is 11.0 Å². The number of nitrogens with two attached hydrogens (primary N) is 1. The minimum absolute atomic E-state index is 0.0345. The van der Waals surface area contributed by atoms with E-state index in [1.54, 1.807) is 0 Å². The molecule has 6 nitrogen and oxygen atoms in total. The van der Waals surface area contributed by atoms with Gasteiger partial charge in [-0.05, 0) is 55.0 Å². The Balaban J connectivity index is 1.71. The van der Waals surface area contributed by atoms with Crippen molar-refractivity contribution in [3.8, 4) is 17.2 Å².